The second-order valence-corrected chi connectivity index (χ2v) is 7.25. The second kappa shape index (κ2) is 7.04. The van der Waals surface area contributed by atoms with Crippen LogP contribution in [0.3, 0.4) is 0 Å². The molecule has 3 rings (SSSR count). The van der Waals surface area contributed by atoms with Crippen molar-refractivity contribution in [1.82, 2.24) is 10.0 Å². The minimum absolute atomic E-state index is 0. The molecule has 0 bridgehead atoms. The van der Waals surface area contributed by atoms with Gasteiger partial charge in [-0.1, -0.05) is 0 Å². The van der Waals surface area contributed by atoms with Gasteiger partial charge >= 0.3 is 0 Å². The summed E-state index contributed by atoms with van der Waals surface area (Å²) in [6, 6.07) is 3.24. The largest absolute Gasteiger partial charge is 0.454 e. The third kappa shape index (κ3) is 3.65. The molecule has 22 heavy (non-hydrogen) atoms. The molecule has 0 radical (unpaired) electrons. The van der Waals surface area contributed by atoms with Gasteiger partial charge in [-0.15, -0.1) is 12.4 Å². The third-order valence-corrected chi connectivity index (χ3v) is 5.57. The van der Waals surface area contributed by atoms with Crippen molar-refractivity contribution in [3.05, 3.63) is 17.7 Å². The lowest BCUT2D eigenvalue weighted by molar-refractivity contribution is 0.174. The molecule has 0 aromatic heterocycles. The van der Waals surface area contributed by atoms with Crippen LogP contribution in [0.2, 0.25) is 0 Å². The first-order valence-electron chi connectivity index (χ1n) is 7.17. The lowest BCUT2D eigenvalue weighted by Gasteiger charge is -2.12. The minimum Gasteiger partial charge on any atom is -0.454 e. The Labute approximate surface area is 137 Å². The van der Waals surface area contributed by atoms with Crippen molar-refractivity contribution in [3.63, 3.8) is 0 Å². The summed E-state index contributed by atoms with van der Waals surface area (Å²) in [7, 11) is -3.51. The highest BCUT2D eigenvalue weighted by Crippen LogP contribution is 2.36. The van der Waals surface area contributed by atoms with Gasteiger partial charge in [0.25, 0.3) is 0 Å². The fraction of sp³-hybridized carbons (Fsp3) is 0.571. The maximum atomic E-state index is 12.4. The lowest BCUT2D eigenvalue weighted by Crippen LogP contribution is -2.27. The minimum atomic E-state index is -3.51. The number of fused-ring (bicyclic) bond motifs is 1. The molecule has 0 spiro atoms. The van der Waals surface area contributed by atoms with E-state index in [9.17, 15) is 8.42 Å². The van der Waals surface area contributed by atoms with E-state index < -0.39 is 10.0 Å². The number of aryl methyl sites for hydroxylation is 1. The molecule has 1 aromatic carbocycles. The summed E-state index contributed by atoms with van der Waals surface area (Å²) in [5, 5.41) is 3.28. The van der Waals surface area contributed by atoms with Crippen molar-refractivity contribution in [1.29, 1.82) is 0 Å². The second-order valence-electron chi connectivity index (χ2n) is 5.52. The molecule has 0 saturated carbocycles. The van der Waals surface area contributed by atoms with Gasteiger partial charge in [0.1, 0.15) is 0 Å². The van der Waals surface area contributed by atoms with E-state index in [1.54, 1.807) is 13.0 Å². The number of halogens is 1. The van der Waals surface area contributed by atoms with Crippen LogP contribution in [-0.4, -0.2) is 34.8 Å². The van der Waals surface area contributed by atoms with E-state index in [-0.39, 0.29) is 24.1 Å². The van der Waals surface area contributed by atoms with Gasteiger partial charge in [0.15, 0.2) is 11.5 Å². The van der Waals surface area contributed by atoms with E-state index in [0.717, 1.165) is 25.9 Å². The molecule has 0 amide bonds. The quantitative estimate of drug-likeness (QED) is 0.841. The van der Waals surface area contributed by atoms with Gasteiger partial charge in [-0.2, -0.15) is 0 Å². The topological polar surface area (TPSA) is 76.7 Å². The zero-order chi connectivity index (χ0) is 14.9. The molecular weight excluding hydrogens is 328 g/mol. The molecular formula is C14H21ClN2O4S. The zero-order valence-electron chi connectivity index (χ0n) is 12.4. The van der Waals surface area contributed by atoms with Gasteiger partial charge in [0, 0.05) is 12.6 Å². The summed E-state index contributed by atoms with van der Waals surface area (Å²) in [5.74, 6) is 1.65. The summed E-state index contributed by atoms with van der Waals surface area (Å²) in [4.78, 5) is 0.260. The van der Waals surface area contributed by atoms with Crippen LogP contribution in [0.5, 0.6) is 11.5 Å². The molecule has 0 aliphatic carbocycles. The van der Waals surface area contributed by atoms with Crippen molar-refractivity contribution in [2.45, 2.75) is 24.7 Å². The third-order valence-electron chi connectivity index (χ3n) is 3.97. The molecule has 8 heteroatoms. The van der Waals surface area contributed by atoms with E-state index in [2.05, 4.69) is 10.0 Å². The predicted molar refractivity (Wildman–Crippen MR) is 85.3 cm³/mol. The number of sulfonamides is 1. The Hall–Kier alpha value is -1.02. The average Bonchev–Trinajstić information content (AvgIpc) is 3.07. The van der Waals surface area contributed by atoms with Crippen LogP contribution < -0.4 is 19.5 Å². The first kappa shape index (κ1) is 17.3. The smallest absolute Gasteiger partial charge is 0.240 e. The lowest BCUT2D eigenvalue weighted by atomic mass is 10.1. The van der Waals surface area contributed by atoms with Gasteiger partial charge in [-0.05, 0) is 50.4 Å². The highest BCUT2D eigenvalue weighted by molar-refractivity contribution is 7.89. The zero-order valence-corrected chi connectivity index (χ0v) is 14.1. The molecule has 1 fully saturated rings. The molecule has 2 aliphatic heterocycles. The molecule has 2 N–H and O–H groups in total. The monoisotopic (exact) mass is 348 g/mol. The fourth-order valence-electron chi connectivity index (χ4n) is 2.75. The Morgan fingerprint density at radius 2 is 2.05 bits per heavy atom. The summed E-state index contributed by atoms with van der Waals surface area (Å²) < 4.78 is 38.0. The van der Waals surface area contributed by atoms with Gasteiger partial charge in [-0.3, -0.25) is 0 Å². The van der Waals surface area contributed by atoms with E-state index in [1.807, 2.05) is 0 Å². The van der Waals surface area contributed by atoms with Crippen LogP contribution in [0.15, 0.2) is 17.0 Å². The molecule has 2 aliphatic rings. The molecule has 6 nitrogen and oxygen atoms in total. The summed E-state index contributed by atoms with van der Waals surface area (Å²) in [6.45, 7) is 4.36. The number of rotatable bonds is 5. The Bertz CT molecular complexity index is 630. The first-order chi connectivity index (χ1) is 10.1. The molecule has 1 unspecified atom stereocenters. The molecule has 2 heterocycles. The van der Waals surface area contributed by atoms with Crippen LogP contribution in [0, 0.1) is 12.8 Å². The first-order valence-corrected chi connectivity index (χ1v) is 8.65. The number of hydrogen-bond donors (Lipinski definition) is 2. The van der Waals surface area contributed by atoms with Gasteiger partial charge in [-0.25, -0.2) is 13.1 Å². The normalized spacial score (nSPS) is 20.0. The molecule has 1 saturated heterocycles. The highest BCUT2D eigenvalue weighted by atomic mass is 35.5. The molecule has 1 aromatic rings. The van der Waals surface area contributed by atoms with Crippen LogP contribution in [-0.2, 0) is 10.0 Å². The Morgan fingerprint density at radius 1 is 1.32 bits per heavy atom. The van der Waals surface area contributed by atoms with Crippen molar-refractivity contribution >= 4 is 22.4 Å². The van der Waals surface area contributed by atoms with Crippen molar-refractivity contribution in [2.24, 2.45) is 5.92 Å². The summed E-state index contributed by atoms with van der Waals surface area (Å²) >= 11 is 0. The van der Waals surface area contributed by atoms with Gasteiger partial charge in [0.2, 0.25) is 16.8 Å². The fourth-order valence-corrected chi connectivity index (χ4v) is 4.04. The number of benzene rings is 1. The molecule has 1 atom stereocenters. The Kier molecular flexibility index (Phi) is 5.55. The van der Waals surface area contributed by atoms with Crippen molar-refractivity contribution < 1.29 is 17.9 Å². The number of hydrogen-bond acceptors (Lipinski definition) is 5. The highest BCUT2D eigenvalue weighted by Gasteiger charge is 2.23. The van der Waals surface area contributed by atoms with Crippen molar-refractivity contribution in [3.8, 4) is 11.5 Å². The molecule has 124 valence electrons. The number of nitrogens with one attached hydrogen (secondary N) is 2. The average molecular weight is 349 g/mol. The van der Waals surface area contributed by atoms with Crippen LogP contribution >= 0.6 is 12.4 Å². The summed E-state index contributed by atoms with van der Waals surface area (Å²) in [6.07, 6.45) is 1.97. The predicted octanol–water partition coefficient (Wildman–Crippen LogP) is 1.42. The maximum Gasteiger partial charge on any atom is 0.240 e. The van der Waals surface area contributed by atoms with Crippen molar-refractivity contribution in [2.75, 3.05) is 26.4 Å². The standard InChI is InChI=1S/C14H20N2O4S.ClH/c1-10-6-12-13(20-9-19-12)7-14(10)21(17,18)16-5-3-11-2-4-15-8-11;/h6-7,11,15-16H,2-5,8-9H2,1H3;1H. The van der Waals surface area contributed by atoms with Crippen LogP contribution in [0.25, 0.3) is 0 Å². The van der Waals surface area contributed by atoms with Gasteiger partial charge < -0.3 is 14.8 Å². The van der Waals surface area contributed by atoms with E-state index in [0.29, 0.717) is 29.5 Å². The SMILES string of the molecule is Cc1cc2c(cc1S(=O)(=O)NCCC1CCNC1)OCO2.Cl. The van der Waals surface area contributed by atoms with Crippen LogP contribution in [0.4, 0.5) is 0 Å². The Morgan fingerprint density at radius 3 is 2.73 bits per heavy atom. The van der Waals surface area contributed by atoms with E-state index in [4.69, 9.17) is 9.47 Å². The maximum absolute atomic E-state index is 12.4. The Balaban J connectivity index is 0.00000176. The number of ether oxygens (including phenoxy) is 2. The van der Waals surface area contributed by atoms with E-state index >= 15 is 0 Å². The van der Waals surface area contributed by atoms with E-state index in [1.165, 1.54) is 6.07 Å². The van der Waals surface area contributed by atoms with Crippen LogP contribution in [0.1, 0.15) is 18.4 Å². The van der Waals surface area contributed by atoms with Gasteiger partial charge in [0.05, 0.1) is 4.90 Å². The summed E-state index contributed by atoms with van der Waals surface area (Å²) in [5.41, 5.74) is 0.661.